The van der Waals surface area contributed by atoms with E-state index in [1.807, 2.05) is 0 Å². The molecule has 0 radical (unpaired) electrons. The molecule has 0 unspecified atom stereocenters. The summed E-state index contributed by atoms with van der Waals surface area (Å²) in [5.41, 5.74) is 0.539. The van der Waals surface area contributed by atoms with Gasteiger partial charge in [-0.3, -0.25) is 4.79 Å². The number of nitrogens with zero attached hydrogens (tertiary/aromatic N) is 2. The van der Waals surface area contributed by atoms with Crippen molar-refractivity contribution in [2.24, 2.45) is 10.4 Å². The monoisotopic (exact) mass is 296 g/mol. The minimum Gasteiger partial charge on any atom is -0.383 e. The van der Waals surface area contributed by atoms with Crippen LogP contribution in [0.25, 0.3) is 0 Å². The Morgan fingerprint density at radius 2 is 2.14 bits per heavy atom. The zero-order valence-corrected chi connectivity index (χ0v) is 13.3. The molecule has 0 aromatic rings. The van der Waals surface area contributed by atoms with Gasteiger partial charge in [-0.15, -0.1) is 0 Å². The van der Waals surface area contributed by atoms with Crippen LogP contribution in [0.4, 0.5) is 0 Å². The van der Waals surface area contributed by atoms with Crippen molar-refractivity contribution in [3.63, 3.8) is 0 Å². The van der Waals surface area contributed by atoms with Crippen molar-refractivity contribution in [1.29, 1.82) is 0 Å². The SMILES string of the molecule is CCNC(=NCC(=O)NCCOC)N1CCC2(CCC2)C1. The van der Waals surface area contributed by atoms with Gasteiger partial charge in [0.25, 0.3) is 0 Å². The zero-order chi connectivity index (χ0) is 15.1. The van der Waals surface area contributed by atoms with Crippen molar-refractivity contribution in [3.8, 4) is 0 Å². The Labute approximate surface area is 127 Å². The number of ether oxygens (including phenoxy) is 1. The number of rotatable bonds is 6. The van der Waals surface area contributed by atoms with E-state index in [0.717, 1.165) is 25.6 Å². The third-order valence-corrected chi connectivity index (χ3v) is 4.49. The fourth-order valence-electron chi connectivity index (χ4n) is 3.12. The second-order valence-corrected chi connectivity index (χ2v) is 6.04. The van der Waals surface area contributed by atoms with Gasteiger partial charge in [0.2, 0.25) is 5.91 Å². The number of guanidine groups is 1. The van der Waals surface area contributed by atoms with E-state index in [1.54, 1.807) is 7.11 Å². The Morgan fingerprint density at radius 3 is 2.71 bits per heavy atom. The van der Waals surface area contributed by atoms with E-state index in [-0.39, 0.29) is 12.5 Å². The van der Waals surface area contributed by atoms with Crippen LogP contribution in [0.15, 0.2) is 4.99 Å². The van der Waals surface area contributed by atoms with Gasteiger partial charge in [0, 0.05) is 33.3 Å². The minimum atomic E-state index is -0.0555. The van der Waals surface area contributed by atoms with Gasteiger partial charge in [-0.2, -0.15) is 0 Å². The third kappa shape index (κ3) is 4.33. The lowest BCUT2D eigenvalue weighted by Crippen LogP contribution is -2.43. The molecule has 2 rings (SSSR count). The van der Waals surface area contributed by atoms with Crippen molar-refractivity contribution >= 4 is 11.9 Å². The van der Waals surface area contributed by atoms with Crippen molar-refractivity contribution in [1.82, 2.24) is 15.5 Å². The minimum absolute atomic E-state index is 0.0555. The van der Waals surface area contributed by atoms with Crippen LogP contribution >= 0.6 is 0 Å². The Hall–Kier alpha value is -1.30. The molecule has 1 saturated heterocycles. The summed E-state index contributed by atoms with van der Waals surface area (Å²) < 4.78 is 4.91. The molecule has 120 valence electrons. The highest BCUT2D eigenvalue weighted by Gasteiger charge is 2.43. The van der Waals surface area contributed by atoms with E-state index in [9.17, 15) is 4.79 Å². The summed E-state index contributed by atoms with van der Waals surface area (Å²) in [6.45, 7) is 6.27. The van der Waals surface area contributed by atoms with Gasteiger partial charge in [-0.1, -0.05) is 6.42 Å². The maximum absolute atomic E-state index is 11.7. The van der Waals surface area contributed by atoms with E-state index in [4.69, 9.17) is 4.74 Å². The van der Waals surface area contributed by atoms with E-state index in [1.165, 1.54) is 25.7 Å². The first kappa shape index (κ1) is 16.1. The summed E-state index contributed by atoms with van der Waals surface area (Å²) in [6.07, 6.45) is 5.32. The molecule has 1 aliphatic heterocycles. The molecule has 0 aromatic heterocycles. The molecule has 0 aromatic carbocycles. The molecular weight excluding hydrogens is 268 g/mol. The standard InChI is InChI=1S/C15H28N4O2/c1-3-16-14(18-11-13(20)17-8-10-21-2)19-9-7-15(12-19)5-4-6-15/h3-12H2,1-2H3,(H,16,18)(H,17,20). The number of hydrogen-bond donors (Lipinski definition) is 2. The summed E-state index contributed by atoms with van der Waals surface area (Å²) in [5, 5.41) is 6.10. The van der Waals surface area contributed by atoms with E-state index in [2.05, 4.69) is 27.4 Å². The van der Waals surface area contributed by atoms with Crippen molar-refractivity contribution in [2.45, 2.75) is 32.6 Å². The number of nitrogens with one attached hydrogen (secondary N) is 2. The maximum atomic E-state index is 11.7. The normalized spacial score (nSPS) is 20.5. The summed E-state index contributed by atoms with van der Waals surface area (Å²) in [7, 11) is 1.62. The van der Waals surface area contributed by atoms with E-state index in [0.29, 0.717) is 18.6 Å². The Bertz CT molecular complexity index is 380. The highest BCUT2D eigenvalue weighted by Crippen LogP contribution is 2.47. The van der Waals surface area contributed by atoms with E-state index >= 15 is 0 Å². The molecule has 1 saturated carbocycles. The summed E-state index contributed by atoms with van der Waals surface area (Å²) in [5.74, 6) is 0.822. The van der Waals surface area contributed by atoms with Crippen LogP contribution in [-0.2, 0) is 9.53 Å². The first-order valence-electron chi connectivity index (χ1n) is 7.98. The van der Waals surface area contributed by atoms with Crippen molar-refractivity contribution in [2.75, 3.05) is 46.4 Å². The van der Waals surface area contributed by atoms with Crippen LogP contribution in [0.2, 0.25) is 0 Å². The Morgan fingerprint density at radius 1 is 1.33 bits per heavy atom. The van der Waals surface area contributed by atoms with Gasteiger partial charge < -0.3 is 20.3 Å². The summed E-state index contributed by atoms with van der Waals surface area (Å²) in [4.78, 5) is 18.5. The number of likely N-dealkylation sites (tertiary alicyclic amines) is 1. The number of methoxy groups -OCH3 is 1. The molecule has 2 fully saturated rings. The molecule has 1 amide bonds. The molecule has 2 N–H and O–H groups in total. The fraction of sp³-hybridized carbons (Fsp3) is 0.867. The largest absolute Gasteiger partial charge is 0.383 e. The van der Waals surface area contributed by atoms with Gasteiger partial charge in [-0.25, -0.2) is 4.99 Å². The van der Waals surface area contributed by atoms with Crippen LogP contribution in [0.1, 0.15) is 32.6 Å². The first-order chi connectivity index (χ1) is 10.2. The van der Waals surface area contributed by atoms with Crippen molar-refractivity contribution in [3.05, 3.63) is 0 Å². The Balaban J connectivity index is 1.83. The lowest BCUT2D eigenvalue weighted by molar-refractivity contribution is -0.119. The molecule has 1 heterocycles. The molecule has 6 nitrogen and oxygen atoms in total. The fourth-order valence-corrected chi connectivity index (χ4v) is 3.12. The van der Waals surface area contributed by atoms with Crippen LogP contribution in [0, 0.1) is 5.41 Å². The van der Waals surface area contributed by atoms with Gasteiger partial charge in [0.05, 0.1) is 6.61 Å². The molecule has 1 aliphatic carbocycles. The van der Waals surface area contributed by atoms with Gasteiger partial charge >= 0.3 is 0 Å². The second-order valence-electron chi connectivity index (χ2n) is 6.04. The topological polar surface area (TPSA) is 66.0 Å². The van der Waals surface area contributed by atoms with Crippen LogP contribution in [-0.4, -0.2) is 63.2 Å². The summed E-state index contributed by atoms with van der Waals surface area (Å²) in [6, 6.07) is 0. The number of aliphatic imine (C=N–C) groups is 1. The predicted octanol–water partition coefficient (Wildman–Crippen LogP) is 0.591. The van der Waals surface area contributed by atoms with Crippen LogP contribution < -0.4 is 10.6 Å². The summed E-state index contributed by atoms with van der Waals surface area (Å²) >= 11 is 0. The number of amides is 1. The Kier molecular flexibility index (Phi) is 5.85. The molecule has 6 heteroatoms. The zero-order valence-electron chi connectivity index (χ0n) is 13.3. The van der Waals surface area contributed by atoms with Gasteiger partial charge in [-0.05, 0) is 31.6 Å². The lowest BCUT2D eigenvalue weighted by Gasteiger charge is -2.38. The number of carbonyl (C=O) groups is 1. The third-order valence-electron chi connectivity index (χ3n) is 4.49. The highest BCUT2D eigenvalue weighted by atomic mass is 16.5. The predicted molar refractivity (Wildman–Crippen MR) is 83.3 cm³/mol. The van der Waals surface area contributed by atoms with Crippen LogP contribution in [0.5, 0.6) is 0 Å². The van der Waals surface area contributed by atoms with Gasteiger partial charge in [0.1, 0.15) is 6.54 Å². The van der Waals surface area contributed by atoms with Crippen molar-refractivity contribution < 1.29 is 9.53 Å². The first-order valence-corrected chi connectivity index (χ1v) is 7.98. The molecule has 21 heavy (non-hydrogen) atoms. The van der Waals surface area contributed by atoms with E-state index < -0.39 is 0 Å². The molecule has 1 spiro atoms. The number of hydrogen-bond acceptors (Lipinski definition) is 3. The van der Waals surface area contributed by atoms with Crippen LogP contribution in [0.3, 0.4) is 0 Å². The average molecular weight is 296 g/mol. The molecule has 0 bridgehead atoms. The second kappa shape index (κ2) is 7.64. The smallest absolute Gasteiger partial charge is 0.241 e. The lowest BCUT2D eigenvalue weighted by atomic mass is 9.68. The highest BCUT2D eigenvalue weighted by molar-refractivity contribution is 5.85. The quantitative estimate of drug-likeness (QED) is 0.428. The molecule has 2 aliphatic rings. The average Bonchev–Trinajstić information content (AvgIpc) is 2.89. The molecular formula is C15H28N4O2. The number of carbonyl (C=O) groups excluding carboxylic acids is 1. The molecule has 0 atom stereocenters. The van der Waals surface area contributed by atoms with Gasteiger partial charge in [0.15, 0.2) is 5.96 Å². The maximum Gasteiger partial charge on any atom is 0.241 e.